The van der Waals surface area contributed by atoms with E-state index in [0.29, 0.717) is 0 Å². The number of hydrogen-bond acceptors (Lipinski definition) is 2. The fourth-order valence-electron chi connectivity index (χ4n) is 2.84. The molecule has 0 saturated carbocycles. The zero-order valence-electron chi connectivity index (χ0n) is 14.7. The summed E-state index contributed by atoms with van der Waals surface area (Å²) >= 11 is 0. The van der Waals surface area contributed by atoms with E-state index in [1.54, 1.807) is 0 Å². The van der Waals surface area contributed by atoms with Crippen molar-refractivity contribution in [3.8, 4) is 0 Å². The summed E-state index contributed by atoms with van der Waals surface area (Å²) in [6.07, 6.45) is 1.93. The van der Waals surface area contributed by atoms with Gasteiger partial charge in [0.05, 0.1) is 5.52 Å². The summed E-state index contributed by atoms with van der Waals surface area (Å²) in [7, 11) is 0. The maximum absolute atomic E-state index is 5.00. The fourth-order valence-corrected chi connectivity index (χ4v) is 2.84. The molecule has 3 aromatic rings. The second-order valence-corrected chi connectivity index (χ2v) is 8.23. The third kappa shape index (κ3) is 2.29. The first-order valence-corrected chi connectivity index (χ1v) is 7.88. The van der Waals surface area contributed by atoms with Gasteiger partial charge in [-0.25, -0.2) is 9.97 Å². The maximum Gasteiger partial charge on any atom is 0.147 e. The summed E-state index contributed by atoms with van der Waals surface area (Å²) in [6.45, 7) is 15.4. The van der Waals surface area contributed by atoms with E-state index in [2.05, 4.69) is 76.0 Å². The Bertz CT molecular complexity index is 858. The van der Waals surface area contributed by atoms with Crippen molar-refractivity contribution in [1.29, 1.82) is 0 Å². The van der Waals surface area contributed by atoms with E-state index in [0.717, 1.165) is 28.1 Å². The standard InChI is InChI=1S/C19H25N3/c1-12-11-20-16-14-9-8-13(18(2,3)4)10-15(14)21-17(22(12)16)19(5,6)7/h8-11H,1-7H3. The molecule has 3 rings (SSSR count). The van der Waals surface area contributed by atoms with E-state index >= 15 is 0 Å². The van der Waals surface area contributed by atoms with Gasteiger partial charge in [-0.15, -0.1) is 0 Å². The molecule has 0 fully saturated rings. The molecule has 22 heavy (non-hydrogen) atoms. The Labute approximate surface area is 132 Å². The zero-order valence-corrected chi connectivity index (χ0v) is 14.7. The molecule has 0 radical (unpaired) electrons. The summed E-state index contributed by atoms with van der Waals surface area (Å²) in [5, 5.41) is 1.12. The lowest BCUT2D eigenvalue weighted by molar-refractivity contribution is 0.537. The SMILES string of the molecule is Cc1cnc2c3ccc(C(C)(C)C)cc3nc(C(C)(C)C)n12. The average Bonchev–Trinajstić information content (AvgIpc) is 2.77. The molecule has 0 atom stereocenters. The van der Waals surface area contributed by atoms with Crippen molar-refractivity contribution in [2.75, 3.05) is 0 Å². The van der Waals surface area contributed by atoms with Crippen molar-refractivity contribution in [1.82, 2.24) is 14.4 Å². The van der Waals surface area contributed by atoms with Crippen molar-refractivity contribution < 1.29 is 0 Å². The van der Waals surface area contributed by atoms with E-state index in [9.17, 15) is 0 Å². The van der Waals surface area contributed by atoms with Gasteiger partial charge in [0.25, 0.3) is 0 Å². The highest BCUT2D eigenvalue weighted by molar-refractivity contribution is 5.92. The maximum atomic E-state index is 5.00. The molecular weight excluding hydrogens is 270 g/mol. The molecule has 0 spiro atoms. The molecular formula is C19H25N3. The van der Waals surface area contributed by atoms with Crippen LogP contribution in [0.4, 0.5) is 0 Å². The van der Waals surface area contributed by atoms with Crippen LogP contribution in [0.1, 0.15) is 58.6 Å². The number of imidazole rings is 1. The highest BCUT2D eigenvalue weighted by Gasteiger charge is 2.23. The molecule has 3 heteroatoms. The van der Waals surface area contributed by atoms with E-state index in [-0.39, 0.29) is 10.8 Å². The van der Waals surface area contributed by atoms with Crippen LogP contribution in [0.2, 0.25) is 0 Å². The monoisotopic (exact) mass is 295 g/mol. The Morgan fingerprint density at radius 1 is 0.955 bits per heavy atom. The first-order valence-electron chi connectivity index (χ1n) is 7.88. The smallest absolute Gasteiger partial charge is 0.147 e. The summed E-state index contributed by atoms with van der Waals surface area (Å²) in [5.41, 5.74) is 4.57. The van der Waals surface area contributed by atoms with Gasteiger partial charge in [-0.1, -0.05) is 47.6 Å². The molecule has 0 aliphatic rings. The van der Waals surface area contributed by atoms with Gasteiger partial charge in [0.15, 0.2) is 0 Å². The minimum atomic E-state index is -0.0321. The Balaban J connectivity index is 2.44. The molecule has 0 unspecified atom stereocenters. The van der Waals surface area contributed by atoms with Gasteiger partial charge in [-0.2, -0.15) is 0 Å². The van der Waals surface area contributed by atoms with Gasteiger partial charge in [-0.3, -0.25) is 4.40 Å². The molecule has 0 amide bonds. The summed E-state index contributed by atoms with van der Waals surface area (Å²) in [4.78, 5) is 9.64. The predicted molar refractivity (Wildman–Crippen MR) is 92.6 cm³/mol. The molecule has 3 nitrogen and oxygen atoms in total. The average molecular weight is 295 g/mol. The molecule has 0 N–H and O–H groups in total. The van der Waals surface area contributed by atoms with Crippen molar-refractivity contribution >= 4 is 16.6 Å². The Morgan fingerprint density at radius 3 is 2.23 bits per heavy atom. The van der Waals surface area contributed by atoms with Crippen LogP contribution in [0.5, 0.6) is 0 Å². The van der Waals surface area contributed by atoms with Gasteiger partial charge < -0.3 is 0 Å². The van der Waals surface area contributed by atoms with Gasteiger partial charge in [-0.05, 0) is 30.0 Å². The van der Waals surface area contributed by atoms with Crippen LogP contribution in [-0.4, -0.2) is 14.4 Å². The minimum Gasteiger partial charge on any atom is -0.284 e. The Morgan fingerprint density at radius 2 is 1.64 bits per heavy atom. The molecule has 0 saturated heterocycles. The van der Waals surface area contributed by atoms with Gasteiger partial charge in [0.2, 0.25) is 0 Å². The van der Waals surface area contributed by atoms with Crippen LogP contribution >= 0.6 is 0 Å². The predicted octanol–water partition coefficient (Wildman–Crippen LogP) is 4.79. The van der Waals surface area contributed by atoms with Crippen molar-refractivity contribution in [3.63, 3.8) is 0 Å². The van der Waals surface area contributed by atoms with Crippen LogP contribution in [-0.2, 0) is 10.8 Å². The summed E-state index contributed by atoms with van der Waals surface area (Å²) in [6, 6.07) is 6.58. The second kappa shape index (κ2) is 4.55. The van der Waals surface area contributed by atoms with E-state index < -0.39 is 0 Å². The molecule has 116 valence electrons. The van der Waals surface area contributed by atoms with Gasteiger partial charge in [0.1, 0.15) is 11.5 Å². The lowest BCUT2D eigenvalue weighted by Crippen LogP contribution is -2.20. The number of benzene rings is 1. The van der Waals surface area contributed by atoms with Crippen molar-refractivity contribution in [3.05, 3.63) is 41.5 Å². The molecule has 0 aliphatic carbocycles. The highest BCUT2D eigenvalue weighted by atomic mass is 15.1. The van der Waals surface area contributed by atoms with Crippen LogP contribution in [0.3, 0.4) is 0 Å². The van der Waals surface area contributed by atoms with Crippen LogP contribution in [0, 0.1) is 6.92 Å². The lowest BCUT2D eigenvalue weighted by Gasteiger charge is -2.23. The summed E-state index contributed by atoms with van der Waals surface area (Å²) in [5.74, 6) is 1.07. The minimum absolute atomic E-state index is 0.0321. The Kier molecular flexibility index (Phi) is 3.10. The first kappa shape index (κ1) is 15.0. The number of hydrogen-bond donors (Lipinski definition) is 0. The normalized spacial score (nSPS) is 13.2. The van der Waals surface area contributed by atoms with Crippen molar-refractivity contribution in [2.24, 2.45) is 0 Å². The topological polar surface area (TPSA) is 30.2 Å². The largest absolute Gasteiger partial charge is 0.284 e. The van der Waals surface area contributed by atoms with Crippen molar-refractivity contribution in [2.45, 2.75) is 59.3 Å². The molecule has 0 aliphatic heterocycles. The number of aryl methyl sites for hydroxylation is 1. The lowest BCUT2D eigenvalue weighted by atomic mass is 9.86. The quantitative estimate of drug-likeness (QED) is 0.597. The van der Waals surface area contributed by atoms with Crippen LogP contribution < -0.4 is 0 Å². The zero-order chi connectivity index (χ0) is 16.3. The van der Waals surface area contributed by atoms with Gasteiger partial charge in [0, 0.05) is 22.7 Å². The third-order valence-electron chi connectivity index (χ3n) is 4.15. The molecule has 2 aromatic heterocycles. The number of nitrogens with zero attached hydrogens (tertiary/aromatic N) is 3. The van der Waals surface area contributed by atoms with Crippen LogP contribution in [0.25, 0.3) is 16.6 Å². The van der Waals surface area contributed by atoms with Crippen LogP contribution in [0.15, 0.2) is 24.4 Å². The molecule has 0 bridgehead atoms. The Hall–Kier alpha value is -1.90. The first-order chi connectivity index (χ1) is 10.1. The number of rotatable bonds is 0. The summed E-state index contributed by atoms with van der Waals surface area (Å²) < 4.78 is 2.19. The highest BCUT2D eigenvalue weighted by Crippen LogP contribution is 2.30. The van der Waals surface area contributed by atoms with E-state index in [4.69, 9.17) is 4.98 Å². The number of aromatic nitrogens is 3. The van der Waals surface area contributed by atoms with E-state index in [1.165, 1.54) is 5.56 Å². The van der Waals surface area contributed by atoms with E-state index in [1.807, 2.05) is 6.20 Å². The second-order valence-electron chi connectivity index (χ2n) is 8.23. The molecule has 1 aromatic carbocycles. The number of fused-ring (bicyclic) bond motifs is 3. The van der Waals surface area contributed by atoms with Gasteiger partial charge >= 0.3 is 0 Å². The fraction of sp³-hybridized carbons (Fsp3) is 0.474. The third-order valence-corrected chi connectivity index (χ3v) is 4.15. The molecule has 2 heterocycles.